The van der Waals surface area contributed by atoms with Crippen LogP contribution in [0.4, 0.5) is 0 Å². The van der Waals surface area contributed by atoms with Crippen LogP contribution in [-0.4, -0.2) is 62.6 Å². The summed E-state index contributed by atoms with van der Waals surface area (Å²) >= 11 is 7.49. The summed E-state index contributed by atoms with van der Waals surface area (Å²) in [5, 5.41) is 3.19. The van der Waals surface area contributed by atoms with Crippen molar-refractivity contribution in [1.29, 1.82) is 0 Å². The fourth-order valence-electron chi connectivity index (χ4n) is 2.23. The molecule has 0 amide bonds. The first kappa shape index (κ1) is 24.9. The second-order valence-electron chi connectivity index (χ2n) is 5.20. The van der Waals surface area contributed by atoms with Crippen molar-refractivity contribution < 1.29 is 8.42 Å². The van der Waals surface area contributed by atoms with Crippen molar-refractivity contribution in [3.63, 3.8) is 0 Å². The molecule has 1 aromatic heterocycles. The summed E-state index contributed by atoms with van der Waals surface area (Å²) in [6.45, 7) is 8.27. The van der Waals surface area contributed by atoms with Crippen LogP contribution in [0, 0.1) is 0 Å². The molecule has 0 fully saturated rings. The summed E-state index contributed by atoms with van der Waals surface area (Å²) in [7, 11) is -1.33. The molecule has 10 heteroatoms. The Bertz CT molecular complexity index is 633. The third-order valence-electron chi connectivity index (χ3n) is 3.43. The highest BCUT2D eigenvalue weighted by Gasteiger charge is 2.18. The highest BCUT2D eigenvalue weighted by atomic mass is 127. The Labute approximate surface area is 177 Å². The van der Waals surface area contributed by atoms with E-state index < -0.39 is 10.0 Å². The van der Waals surface area contributed by atoms with E-state index >= 15 is 0 Å². The topological polar surface area (TPSA) is 65.0 Å². The molecule has 0 saturated heterocycles. The molecule has 1 aromatic rings. The maximum absolute atomic E-state index is 12.2. The van der Waals surface area contributed by atoms with Crippen LogP contribution in [-0.2, 0) is 16.6 Å². The Morgan fingerprint density at radius 2 is 1.92 bits per heavy atom. The minimum atomic E-state index is -3.25. The highest BCUT2D eigenvalue weighted by molar-refractivity contribution is 14.0. The first-order valence-corrected chi connectivity index (χ1v) is 10.9. The summed E-state index contributed by atoms with van der Waals surface area (Å²) in [6.07, 6.45) is 0. The van der Waals surface area contributed by atoms with Gasteiger partial charge in [0.2, 0.25) is 10.0 Å². The molecule has 0 bridgehead atoms. The number of hydrogen-bond acceptors (Lipinski definition) is 4. The van der Waals surface area contributed by atoms with E-state index in [4.69, 9.17) is 11.6 Å². The molecule has 0 atom stereocenters. The van der Waals surface area contributed by atoms with Crippen LogP contribution in [0.3, 0.4) is 0 Å². The van der Waals surface area contributed by atoms with Gasteiger partial charge in [-0.1, -0.05) is 25.4 Å². The fraction of sp³-hybridized carbons (Fsp3) is 0.667. The summed E-state index contributed by atoms with van der Waals surface area (Å²) in [5.74, 6) is 0.708. The number of sulfonamides is 1. The Morgan fingerprint density at radius 3 is 2.40 bits per heavy atom. The third-order valence-corrected chi connectivity index (χ3v) is 6.65. The van der Waals surface area contributed by atoms with E-state index in [2.05, 4.69) is 10.3 Å². The average Bonchev–Trinajstić information content (AvgIpc) is 2.92. The number of guanidine groups is 1. The highest BCUT2D eigenvalue weighted by Crippen LogP contribution is 2.22. The molecule has 1 N–H and O–H groups in total. The Balaban J connectivity index is 0.00000576. The number of rotatable bonds is 9. The summed E-state index contributed by atoms with van der Waals surface area (Å²) in [5.41, 5.74) is 0. The lowest BCUT2D eigenvalue weighted by Crippen LogP contribution is -2.39. The number of thiophene rings is 1. The molecule has 25 heavy (non-hydrogen) atoms. The van der Waals surface area contributed by atoms with E-state index in [-0.39, 0.29) is 36.3 Å². The van der Waals surface area contributed by atoms with Crippen molar-refractivity contribution in [3.8, 4) is 0 Å². The Morgan fingerprint density at radius 1 is 1.28 bits per heavy atom. The van der Waals surface area contributed by atoms with Crippen LogP contribution in [0.5, 0.6) is 0 Å². The van der Waals surface area contributed by atoms with Gasteiger partial charge in [0.25, 0.3) is 0 Å². The smallest absolute Gasteiger partial charge is 0.215 e. The molecule has 0 aliphatic carbocycles. The minimum absolute atomic E-state index is 0. The second kappa shape index (κ2) is 12.3. The van der Waals surface area contributed by atoms with Crippen molar-refractivity contribution in [1.82, 2.24) is 14.5 Å². The lowest BCUT2D eigenvalue weighted by Gasteiger charge is -2.22. The van der Waals surface area contributed by atoms with Gasteiger partial charge in [-0.15, -0.1) is 35.3 Å². The monoisotopic (exact) mass is 522 g/mol. The third kappa shape index (κ3) is 8.42. The van der Waals surface area contributed by atoms with Crippen molar-refractivity contribution in [2.75, 3.05) is 39.0 Å². The first-order chi connectivity index (χ1) is 11.3. The van der Waals surface area contributed by atoms with Crippen molar-refractivity contribution in [2.45, 2.75) is 27.3 Å². The number of nitrogens with zero attached hydrogens (tertiary/aromatic N) is 3. The molecule has 0 aliphatic heterocycles. The van der Waals surface area contributed by atoms with Gasteiger partial charge in [0.05, 0.1) is 23.2 Å². The second-order valence-corrected chi connectivity index (χ2v) is 9.09. The molecule has 0 unspecified atom stereocenters. The van der Waals surface area contributed by atoms with Crippen LogP contribution >= 0.6 is 46.9 Å². The molecular weight excluding hydrogens is 495 g/mol. The molecule has 0 radical (unpaired) electrons. The molecular formula is C15H28ClIN4O2S2. The minimum Gasteiger partial charge on any atom is -0.357 e. The molecule has 146 valence electrons. The number of aliphatic imine (C=N–C) groups is 1. The zero-order valence-corrected chi connectivity index (χ0v) is 19.9. The average molecular weight is 523 g/mol. The molecule has 0 saturated carbocycles. The van der Waals surface area contributed by atoms with Crippen LogP contribution < -0.4 is 5.32 Å². The lowest BCUT2D eigenvalue weighted by atomic mass is 10.4. The van der Waals surface area contributed by atoms with E-state index in [0.29, 0.717) is 25.6 Å². The van der Waals surface area contributed by atoms with Crippen molar-refractivity contribution >= 4 is 62.9 Å². The molecule has 0 aliphatic rings. The van der Waals surface area contributed by atoms with Gasteiger partial charge in [-0.3, -0.25) is 4.99 Å². The van der Waals surface area contributed by atoms with Gasteiger partial charge in [0.15, 0.2) is 5.96 Å². The van der Waals surface area contributed by atoms with Gasteiger partial charge in [-0.25, -0.2) is 12.7 Å². The zero-order valence-electron chi connectivity index (χ0n) is 15.2. The van der Waals surface area contributed by atoms with Crippen LogP contribution in [0.2, 0.25) is 4.34 Å². The van der Waals surface area contributed by atoms with Gasteiger partial charge in [-0.2, -0.15) is 0 Å². The number of halogens is 2. The maximum Gasteiger partial charge on any atom is 0.215 e. The fourth-order valence-corrected chi connectivity index (χ4v) is 4.74. The predicted octanol–water partition coefficient (Wildman–Crippen LogP) is 3.09. The largest absolute Gasteiger partial charge is 0.357 e. The predicted molar refractivity (Wildman–Crippen MR) is 119 cm³/mol. The van der Waals surface area contributed by atoms with Crippen molar-refractivity contribution in [3.05, 3.63) is 21.3 Å². The summed E-state index contributed by atoms with van der Waals surface area (Å²) in [4.78, 5) is 7.55. The molecule has 0 aromatic carbocycles. The zero-order chi connectivity index (χ0) is 18.2. The van der Waals surface area contributed by atoms with Gasteiger partial charge in [-0.05, 0) is 19.1 Å². The molecule has 1 rings (SSSR count). The Hall–Kier alpha value is -0.1000. The quantitative estimate of drug-likeness (QED) is 0.308. The van der Waals surface area contributed by atoms with E-state index in [1.54, 1.807) is 0 Å². The van der Waals surface area contributed by atoms with E-state index in [9.17, 15) is 8.42 Å². The van der Waals surface area contributed by atoms with Crippen LogP contribution in [0.1, 0.15) is 25.6 Å². The standard InChI is InChI=1S/C15H27ClN4O2S2.HI/c1-5-17-15(19(4)12-13-8-9-14(16)23-13)18-10-11-24(21,22)20(6-2)7-3;/h8-9H,5-7,10-12H2,1-4H3,(H,17,18);1H. The van der Waals surface area contributed by atoms with E-state index in [1.165, 1.54) is 15.6 Å². The SMILES string of the molecule is CCNC(=NCCS(=O)(=O)N(CC)CC)N(C)Cc1ccc(Cl)s1.I. The van der Waals surface area contributed by atoms with E-state index in [0.717, 1.165) is 15.8 Å². The summed E-state index contributed by atoms with van der Waals surface area (Å²) < 4.78 is 26.6. The number of nitrogens with one attached hydrogen (secondary N) is 1. The molecule has 0 spiro atoms. The number of hydrogen-bond donors (Lipinski definition) is 1. The first-order valence-electron chi connectivity index (χ1n) is 8.05. The molecule has 1 heterocycles. The van der Waals surface area contributed by atoms with Gasteiger partial charge < -0.3 is 10.2 Å². The lowest BCUT2D eigenvalue weighted by molar-refractivity contribution is 0.445. The molecule has 6 nitrogen and oxygen atoms in total. The summed E-state index contributed by atoms with van der Waals surface area (Å²) in [6, 6.07) is 3.86. The van der Waals surface area contributed by atoms with Crippen LogP contribution in [0.25, 0.3) is 0 Å². The van der Waals surface area contributed by atoms with Gasteiger partial charge >= 0.3 is 0 Å². The van der Waals surface area contributed by atoms with Crippen LogP contribution in [0.15, 0.2) is 17.1 Å². The Kier molecular flexibility index (Phi) is 12.3. The van der Waals surface area contributed by atoms with E-state index in [1.807, 2.05) is 44.9 Å². The van der Waals surface area contributed by atoms with Crippen molar-refractivity contribution in [2.24, 2.45) is 4.99 Å². The van der Waals surface area contributed by atoms with Gasteiger partial charge in [0, 0.05) is 31.6 Å². The maximum atomic E-state index is 12.2. The normalized spacial score (nSPS) is 12.2. The van der Waals surface area contributed by atoms with Gasteiger partial charge in [0.1, 0.15) is 0 Å².